The minimum atomic E-state index is -0.442. The molecule has 1 saturated heterocycles. The minimum absolute atomic E-state index is 0.270. The Bertz CT molecular complexity index is 803. The second-order valence-electron chi connectivity index (χ2n) is 6.18. The van der Waals surface area contributed by atoms with Crippen molar-refractivity contribution in [1.29, 1.82) is 0 Å². The number of benzene rings is 2. The van der Waals surface area contributed by atoms with Gasteiger partial charge < -0.3 is 10.2 Å². The number of rotatable bonds is 5. The summed E-state index contributed by atoms with van der Waals surface area (Å²) < 4.78 is 13.4. The highest BCUT2D eigenvalue weighted by atomic mass is 35.5. The predicted molar refractivity (Wildman–Crippen MR) is 105 cm³/mol. The SMILES string of the molecule is C=CCN1CCN(c2c(Cl)cccc2NC(=O)c2cccc(F)c2)CC1. The van der Waals surface area contributed by atoms with Gasteiger partial charge in [-0.2, -0.15) is 0 Å². The average molecular weight is 374 g/mol. The van der Waals surface area contributed by atoms with Gasteiger partial charge in [0.2, 0.25) is 0 Å². The molecule has 0 saturated carbocycles. The van der Waals surface area contributed by atoms with Crippen LogP contribution in [0.1, 0.15) is 10.4 Å². The van der Waals surface area contributed by atoms with Crippen LogP contribution in [0, 0.1) is 5.82 Å². The lowest BCUT2D eigenvalue weighted by atomic mass is 10.1. The Morgan fingerprint density at radius 1 is 1.19 bits per heavy atom. The Labute approximate surface area is 157 Å². The van der Waals surface area contributed by atoms with Crippen LogP contribution in [0.4, 0.5) is 15.8 Å². The summed E-state index contributed by atoms with van der Waals surface area (Å²) in [6.45, 7) is 8.04. The molecule has 1 amide bonds. The van der Waals surface area contributed by atoms with E-state index >= 15 is 0 Å². The zero-order valence-corrected chi connectivity index (χ0v) is 15.2. The minimum Gasteiger partial charge on any atom is -0.366 e. The van der Waals surface area contributed by atoms with Crippen molar-refractivity contribution in [3.05, 3.63) is 71.5 Å². The molecule has 0 bridgehead atoms. The van der Waals surface area contributed by atoms with E-state index in [1.54, 1.807) is 12.1 Å². The molecule has 6 heteroatoms. The van der Waals surface area contributed by atoms with Crippen LogP contribution in [0.25, 0.3) is 0 Å². The van der Waals surface area contributed by atoms with Crippen molar-refractivity contribution in [3.63, 3.8) is 0 Å². The predicted octanol–water partition coefficient (Wildman–Crippen LogP) is 4.04. The van der Waals surface area contributed by atoms with Gasteiger partial charge in [0.25, 0.3) is 5.91 Å². The third kappa shape index (κ3) is 4.23. The van der Waals surface area contributed by atoms with Crippen LogP contribution in [0.2, 0.25) is 5.02 Å². The van der Waals surface area contributed by atoms with Crippen molar-refractivity contribution in [3.8, 4) is 0 Å². The van der Waals surface area contributed by atoms with E-state index in [0.717, 1.165) is 38.4 Å². The third-order valence-electron chi connectivity index (χ3n) is 4.40. The van der Waals surface area contributed by atoms with E-state index in [1.165, 1.54) is 18.2 Å². The molecule has 3 rings (SSSR count). The second-order valence-corrected chi connectivity index (χ2v) is 6.58. The van der Waals surface area contributed by atoms with E-state index in [4.69, 9.17) is 11.6 Å². The fourth-order valence-electron chi connectivity index (χ4n) is 3.10. The number of anilines is 2. The number of carbonyl (C=O) groups excluding carboxylic acids is 1. The van der Waals surface area contributed by atoms with E-state index in [-0.39, 0.29) is 11.5 Å². The van der Waals surface area contributed by atoms with Gasteiger partial charge in [-0.3, -0.25) is 9.69 Å². The van der Waals surface area contributed by atoms with E-state index < -0.39 is 5.82 Å². The molecule has 0 spiro atoms. The molecule has 4 nitrogen and oxygen atoms in total. The second kappa shape index (κ2) is 8.34. The summed E-state index contributed by atoms with van der Waals surface area (Å²) in [5, 5.41) is 3.45. The van der Waals surface area contributed by atoms with Crippen LogP contribution in [0.5, 0.6) is 0 Å². The first-order valence-electron chi connectivity index (χ1n) is 8.52. The molecule has 136 valence electrons. The van der Waals surface area contributed by atoms with Gasteiger partial charge in [0.05, 0.1) is 16.4 Å². The molecule has 2 aromatic carbocycles. The number of carbonyl (C=O) groups is 1. The normalized spacial score (nSPS) is 14.9. The summed E-state index contributed by atoms with van der Waals surface area (Å²) in [4.78, 5) is 17.0. The largest absolute Gasteiger partial charge is 0.366 e. The molecule has 1 aliphatic heterocycles. The molecular weight excluding hydrogens is 353 g/mol. The fourth-order valence-corrected chi connectivity index (χ4v) is 3.39. The van der Waals surface area contributed by atoms with Gasteiger partial charge in [-0.05, 0) is 30.3 Å². The molecule has 1 fully saturated rings. The maximum atomic E-state index is 13.4. The maximum Gasteiger partial charge on any atom is 0.255 e. The molecule has 0 aromatic heterocycles. The number of hydrogen-bond acceptors (Lipinski definition) is 3. The smallest absolute Gasteiger partial charge is 0.255 e. The van der Waals surface area contributed by atoms with Crippen LogP contribution in [-0.4, -0.2) is 43.5 Å². The highest BCUT2D eigenvalue weighted by Gasteiger charge is 2.21. The number of para-hydroxylation sites is 1. The molecule has 0 atom stereocenters. The van der Waals surface area contributed by atoms with E-state index in [0.29, 0.717) is 10.7 Å². The topological polar surface area (TPSA) is 35.6 Å². The molecule has 0 aliphatic carbocycles. The van der Waals surface area contributed by atoms with E-state index in [1.807, 2.05) is 18.2 Å². The van der Waals surface area contributed by atoms with Crippen molar-refractivity contribution < 1.29 is 9.18 Å². The number of piperazine rings is 1. The quantitative estimate of drug-likeness (QED) is 0.803. The lowest BCUT2D eigenvalue weighted by Gasteiger charge is -2.36. The van der Waals surface area contributed by atoms with E-state index in [9.17, 15) is 9.18 Å². The highest BCUT2D eigenvalue weighted by molar-refractivity contribution is 6.34. The van der Waals surface area contributed by atoms with Gasteiger partial charge in [0, 0.05) is 38.3 Å². The fraction of sp³-hybridized carbons (Fsp3) is 0.250. The number of hydrogen-bond donors (Lipinski definition) is 1. The van der Waals surface area contributed by atoms with Crippen LogP contribution >= 0.6 is 11.6 Å². The van der Waals surface area contributed by atoms with Crippen molar-refractivity contribution in [1.82, 2.24) is 4.90 Å². The Balaban J connectivity index is 1.80. The van der Waals surface area contributed by atoms with E-state index in [2.05, 4.69) is 21.7 Å². The van der Waals surface area contributed by atoms with Crippen molar-refractivity contribution in [2.75, 3.05) is 42.9 Å². The Kier molecular flexibility index (Phi) is 5.91. The third-order valence-corrected chi connectivity index (χ3v) is 4.70. The molecule has 1 heterocycles. The molecule has 26 heavy (non-hydrogen) atoms. The Morgan fingerprint density at radius 2 is 1.92 bits per heavy atom. The summed E-state index contributed by atoms with van der Waals surface area (Å²) >= 11 is 6.43. The lowest BCUT2D eigenvalue weighted by molar-refractivity contribution is 0.102. The first-order valence-corrected chi connectivity index (χ1v) is 8.90. The van der Waals surface area contributed by atoms with Gasteiger partial charge in [-0.1, -0.05) is 29.8 Å². The van der Waals surface area contributed by atoms with Crippen LogP contribution < -0.4 is 10.2 Å². The highest BCUT2D eigenvalue weighted by Crippen LogP contribution is 2.34. The first-order chi connectivity index (χ1) is 12.6. The molecular formula is C20H21ClFN3O. The number of amides is 1. The Hall–Kier alpha value is -2.37. The van der Waals surface area contributed by atoms with Gasteiger partial charge >= 0.3 is 0 Å². The zero-order chi connectivity index (χ0) is 18.5. The monoisotopic (exact) mass is 373 g/mol. The maximum absolute atomic E-state index is 13.4. The summed E-state index contributed by atoms with van der Waals surface area (Å²) in [7, 11) is 0. The molecule has 0 radical (unpaired) electrons. The number of halogens is 2. The zero-order valence-electron chi connectivity index (χ0n) is 14.4. The number of nitrogens with one attached hydrogen (secondary N) is 1. The Morgan fingerprint density at radius 3 is 2.62 bits per heavy atom. The van der Waals surface area contributed by atoms with Crippen molar-refractivity contribution in [2.45, 2.75) is 0 Å². The van der Waals surface area contributed by atoms with Gasteiger partial charge in [0.15, 0.2) is 0 Å². The van der Waals surface area contributed by atoms with Crippen LogP contribution in [0.15, 0.2) is 55.1 Å². The summed E-state index contributed by atoms with van der Waals surface area (Å²) in [6.07, 6.45) is 1.90. The van der Waals surface area contributed by atoms with Gasteiger partial charge in [-0.25, -0.2) is 4.39 Å². The van der Waals surface area contributed by atoms with Crippen LogP contribution in [-0.2, 0) is 0 Å². The molecule has 2 aromatic rings. The van der Waals surface area contributed by atoms with Crippen LogP contribution in [0.3, 0.4) is 0 Å². The van der Waals surface area contributed by atoms with Gasteiger partial charge in [-0.15, -0.1) is 6.58 Å². The lowest BCUT2D eigenvalue weighted by Crippen LogP contribution is -2.46. The summed E-state index contributed by atoms with van der Waals surface area (Å²) in [6, 6.07) is 11.0. The standard InChI is InChI=1S/C20H21ClFN3O/c1-2-9-24-10-12-25(13-11-24)19-17(21)7-4-8-18(19)23-20(26)15-5-3-6-16(22)14-15/h2-8,14H,1,9-13H2,(H,23,26). The van der Waals surface area contributed by atoms with Crippen molar-refractivity contribution >= 4 is 28.9 Å². The van der Waals surface area contributed by atoms with Gasteiger partial charge in [0.1, 0.15) is 5.82 Å². The van der Waals surface area contributed by atoms with Crippen molar-refractivity contribution in [2.24, 2.45) is 0 Å². The summed E-state index contributed by atoms with van der Waals surface area (Å²) in [5.41, 5.74) is 1.70. The number of nitrogens with zero attached hydrogens (tertiary/aromatic N) is 2. The molecule has 1 aliphatic rings. The molecule has 1 N–H and O–H groups in total. The first kappa shape index (κ1) is 18.4. The summed E-state index contributed by atoms with van der Waals surface area (Å²) in [5.74, 6) is -0.805. The average Bonchev–Trinajstić information content (AvgIpc) is 2.63. The molecule has 0 unspecified atom stereocenters.